The van der Waals surface area contributed by atoms with Gasteiger partial charge in [-0.25, -0.2) is 0 Å². The van der Waals surface area contributed by atoms with Gasteiger partial charge in [-0.3, -0.25) is 0 Å². The second kappa shape index (κ2) is 8.89. The maximum absolute atomic E-state index is 3.59. The van der Waals surface area contributed by atoms with Crippen LogP contribution in [-0.2, 0) is 0 Å². The summed E-state index contributed by atoms with van der Waals surface area (Å²) in [6.07, 6.45) is 5.47. The zero-order chi connectivity index (χ0) is 13.4. The van der Waals surface area contributed by atoms with Crippen LogP contribution in [-0.4, -0.2) is 62.7 Å². The van der Waals surface area contributed by atoms with E-state index in [-0.39, 0.29) is 0 Å². The van der Waals surface area contributed by atoms with Gasteiger partial charge in [0.05, 0.1) is 0 Å². The number of hydrogen-bond acceptors (Lipinski definition) is 3. The van der Waals surface area contributed by atoms with E-state index in [0.717, 1.165) is 12.0 Å². The molecule has 0 saturated heterocycles. The predicted octanol–water partition coefficient (Wildman–Crippen LogP) is 2.04. The zero-order valence-electron chi connectivity index (χ0n) is 12.9. The molecule has 1 aliphatic carbocycles. The van der Waals surface area contributed by atoms with E-state index in [1.807, 2.05) is 0 Å². The number of hydrogen-bond donors (Lipinski definition) is 1. The first-order valence-electron chi connectivity index (χ1n) is 7.68. The Morgan fingerprint density at radius 1 is 1.06 bits per heavy atom. The first-order valence-corrected chi connectivity index (χ1v) is 7.68. The molecule has 0 aliphatic heterocycles. The fourth-order valence-electron chi connectivity index (χ4n) is 2.21. The summed E-state index contributed by atoms with van der Waals surface area (Å²) >= 11 is 0. The van der Waals surface area contributed by atoms with Gasteiger partial charge >= 0.3 is 0 Å². The summed E-state index contributed by atoms with van der Waals surface area (Å²) in [6.45, 7) is 10.7. The van der Waals surface area contributed by atoms with Crippen molar-refractivity contribution in [3.63, 3.8) is 0 Å². The smallest absolute Gasteiger partial charge is 0.0109 e. The molecule has 1 saturated carbocycles. The Morgan fingerprint density at radius 3 is 2.33 bits per heavy atom. The summed E-state index contributed by atoms with van der Waals surface area (Å²) in [7, 11) is 4.32. The molecular formula is C15H33N3. The lowest BCUT2D eigenvalue weighted by atomic mass is 10.2. The second-order valence-corrected chi connectivity index (χ2v) is 6.43. The van der Waals surface area contributed by atoms with Crippen molar-refractivity contribution in [2.24, 2.45) is 5.92 Å². The maximum atomic E-state index is 3.59. The molecule has 0 heterocycles. The van der Waals surface area contributed by atoms with Crippen molar-refractivity contribution in [1.29, 1.82) is 0 Å². The summed E-state index contributed by atoms with van der Waals surface area (Å²) < 4.78 is 0. The molecule has 0 aromatic heterocycles. The molecule has 1 rings (SSSR count). The van der Waals surface area contributed by atoms with Crippen LogP contribution in [0.1, 0.15) is 39.5 Å². The largest absolute Gasteiger partial charge is 0.314 e. The third-order valence-electron chi connectivity index (χ3n) is 3.40. The number of likely N-dealkylation sites (N-methyl/N-ethyl adjacent to an activating group) is 1. The highest BCUT2D eigenvalue weighted by Crippen LogP contribution is 2.18. The van der Waals surface area contributed by atoms with Gasteiger partial charge < -0.3 is 15.1 Å². The zero-order valence-corrected chi connectivity index (χ0v) is 12.9. The molecular weight excluding hydrogens is 222 g/mol. The van der Waals surface area contributed by atoms with Crippen LogP contribution in [0, 0.1) is 5.92 Å². The molecule has 0 amide bonds. The quantitative estimate of drug-likeness (QED) is 0.570. The van der Waals surface area contributed by atoms with Crippen molar-refractivity contribution in [3.8, 4) is 0 Å². The number of rotatable bonds is 11. The number of nitrogens with zero attached hydrogens (tertiary/aromatic N) is 2. The minimum absolute atomic E-state index is 0.775. The van der Waals surface area contributed by atoms with E-state index >= 15 is 0 Å². The molecule has 0 aromatic carbocycles. The van der Waals surface area contributed by atoms with Crippen LogP contribution in [0.5, 0.6) is 0 Å². The molecule has 108 valence electrons. The van der Waals surface area contributed by atoms with Gasteiger partial charge in [-0.1, -0.05) is 13.8 Å². The summed E-state index contributed by atoms with van der Waals surface area (Å²) in [5.74, 6) is 0.775. The van der Waals surface area contributed by atoms with E-state index in [1.165, 1.54) is 58.4 Å². The van der Waals surface area contributed by atoms with Gasteiger partial charge in [-0.2, -0.15) is 0 Å². The molecule has 3 heteroatoms. The van der Waals surface area contributed by atoms with E-state index < -0.39 is 0 Å². The van der Waals surface area contributed by atoms with Crippen molar-refractivity contribution >= 4 is 0 Å². The molecule has 1 N–H and O–H groups in total. The third kappa shape index (κ3) is 8.90. The van der Waals surface area contributed by atoms with Gasteiger partial charge in [-0.15, -0.1) is 0 Å². The van der Waals surface area contributed by atoms with Crippen LogP contribution in [0.25, 0.3) is 0 Å². The average molecular weight is 255 g/mol. The van der Waals surface area contributed by atoms with E-state index in [1.54, 1.807) is 0 Å². The van der Waals surface area contributed by atoms with Gasteiger partial charge in [0.15, 0.2) is 0 Å². The highest BCUT2D eigenvalue weighted by Gasteiger charge is 2.19. The summed E-state index contributed by atoms with van der Waals surface area (Å²) in [5.41, 5.74) is 0. The van der Waals surface area contributed by atoms with Crippen LogP contribution >= 0.6 is 0 Å². The van der Waals surface area contributed by atoms with Crippen molar-refractivity contribution in [3.05, 3.63) is 0 Å². The van der Waals surface area contributed by atoms with Crippen molar-refractivity contribution in [2.75, 3.05) is 46.8 Å². The Labute approximate surface area is 114 Å². The Hall–Kier alpha value is -0.120. The van der Waals surface area contributed by atoms with E-state index in [4.69, 9.17) is 0 Å². The van der Waals surface area contributed by atoms with Crippen LogP contribution in [0.4, 0.5) is 0 Å². The van der Waals surface area contributed by atoms with Crippen LogP contribution in [0.3, 0.4) is 0 Å². The molecule has 1 aliphatic rings. The molecule has 0 aromatic rings. The molecule has 3 nitrogen and oxygen atoms in total. The third-order valence-corrected chi connectivity index (χ3v) is 3.40. The van der Waals surface area contributed by atoms with Gasteiger partial charge in [0.1, 0.15) is 0 Å². The second-order valence-electron chi connectivity index (χ2n) is 6.43. The Kier molecular flexibility index (Phi) is 7.87. The van der Waals surface area contributed by atoms with Crippen LogP contribution in [0.15, 0.2) is 0 Å². The van der Waals surface area contributed by atoms with Gasteiger partial charge in [0.2, 0.25) is 0 Å². The number of nitrogens with one attached hydrogen (secondary N) is 1. The summed E-state index contributed by atoms with van der Waals surface area (Å²) in [4.78, 5) is 4.91. The molecule has 0 bridgehead atoms. The Morgan fingerprint density at radius 2 is 1.78 bits per heavy atom. The Balaban J connectivity index is 2.05. The lowest BCUT2D eigenvalue weighted by Gasteiger charge is -2.25. The van der Waals surface area contributed by atoms with E-state index in [9.17, 15) is 0 Å². The minimum atomic E-state index is 0.775. The highest BCUT2D eigenvalue weighted by atomic mass is 15.2. The molecule has 0 unspecified atom stereocenters. The topological polar surface area (TPSA) is 18.5 Å². The Bertz CT molecular complexity index is 200. The standard InChI is InChI=1S/C15H33N3/c1-14(2)13-18(12-11-17(3)4)10-6-5-9-16-15-7-8-15/h14-16H,5-13H2,1-4H3. The van der Waals surface area contributed by atoms with Crippen molar-refractivity contribution in [1.82, 2.24) is 15.1 Å². The minimum Gasteiger partial charge on any atom is -0.314 e. The van der Waals surface area contributed by atoms with Crippen LogP contribution < -0.4 is 5.32 Å². The number of unbranched alkanes of at least 4 members (excludes halogenated alkanes) is 1. The molecule has 0 radical (unpaired) electrons. The van der Waals surface area contributed by atoms with Gasteiger partial charge in [0, 0.05) is 25.7 Å². The van der Waals surface area contributed by atoms with Crippen LogP contribution in [0.2, 0.25) is 0 Å². The molecule has 0 atom stereocenters. The van der Waals surface area contributed by atoms with Crippen molar-refractivity contribution in [2.45, 2.75) is 45.6 Å². The first kappa shape index (κ1) is 15.9. The van der Waals surface area contributed by atoms with E-state index in [2.05, 4.69) is 43.1 Å². The van der Waals surface area contributed by atoms with Crippen molar-refractivity contribution < 1.29 is 0 Å². The monoisotopic (exact) mass is 255 g/mol. The summed E-state index contributed by atoms with van der Waals surface area (Å²) in [6, 6.07) is 0.866. The average Bonchev–Trinajstić information content (AvgIpc) is 3.08. The molecule has 0 spiro atoms. The van der Waals surface area contributed by atoms with Gasteiger partial charge in [-0.05, 0) is 58.8 Å². The molecule has 18 heavy (non-hydrogen) atoms. The lowest BCUT2D eigenvalue weighted by Crippen LogP contribution is -2.35. The predicted molar refractivity (Wildman–Crippen MR) is 80.1 cm³/mol. The maximum Gasteiger partial charge on any atom is 0.0109 e. The fourth-order valence-corrected chi connectivity index (χ4v) is 2.21. The first-order chi connectivity index (χ1) is 8.58. The summed E-state index contributed by atoms with van der Waals surface area (Å²) in [5, 5.41) is 3.59. The van der Waals surface area contributed by atoms with Gasteiger partial charge in [0.25, 0.3) is 0 Å². The van der Waals surface area contributed by atoms with E-state index in [0.29, 0.717) is 0 Å². The highest BCUT2D eigenvalue weighted by molar-refractivity contribution is 4.80. The molecule has 1 fully saturated rings. The lowest BCUT2D eigenvalue weighted by molar-refractivity contribution is 0.215. The normalized spacial score (nSPS) is 16.2. The SMILES string of the molecule is CC(C)CN(CCCCNC1CC1)CCN(C)C. The fraction of sp³-hybridized carbons (Fsp3) is 1.00.